The van der Waals surface area contributed by atoms with E-state index in [4.69, 9.17) is 21.6 Å². The van der Waals surface area contributed by atoms with E-state index in [2.05, 4.69) is 6.07 Å². The van der Waals surface area contributed by atoms with E-state index in [1.165, 1.54) is 0 Å². The monoisotopic (exact) mass is 237 g/mol. The predicted octanol–water partition coefficient (Wildman–Crippen LogP) is 3.36. The fourth-order valence-corrected chi connectivity index (χ4v) is 1.49. The molecular formula is C13H16ClNO. The standard InChI is InChI=1S/C13H16ClNO/c1-13(10-14,7-8-15)11-16-9-12-5-3-2-4-6-12/h2-6H,7,9-11H2,1H3. The van der Waals surface area contributed by atoms with E-state index < -0.39 is 0 Å². The first kappa shape index (κ1) is 13.0. The van der Waals surface area contributed by atoms with Gasteiger partial charge in [-0.1, -0.05) is 37.3 Å². The Labute approximate surface area is 102 Å². The topological polar surface area (TPSA) is 33.0 Å². The highest BCUT2D eigenvalue weighted by atomic mass is 35.5. The van der Waals surface area contributed by atoms with Crippen LogP contribution in [0, 0.1) is 16.7 Å². The van der Waals surface area contributed by atoms with Gasteiger partial charge in [-0.2, -0.15) is 5.26 Å². The molecule has 1 aromatic rings. The summed E-state index contributed by atoms with van der Waals surface area (Å²) in [6.45, 7) is 3.05. The van der Waals surface area contributed by atoms with Gasteiger partial charge in [-0.3, -0.25) is 0 Å². The van der Waals surface area contributed by atoms with Crippen LogP contribution in [-0.4, -0.2) is 12.5 Å². The predicted molar refractivity (Wildman–Crippen MR) is 65.2 cm³/mol. The Morgan fingerprint density at radius 2 is 2.06 bits per heavy atom. The second-order valence-electron chi connectivity index (χ2n) is 4.26. The summed E-state index contributed by atoms with van der Waals surface area (Å²) in [7, 11) is 0. The highest BCUT2D eigenvalue weighted by Gasteiger charge is 2.23. The Morgan fingerprint density at radius 3 is 2.62 bits per heavy atom. The van der Waals surface area contributed by atoms with E-state index in [9.17, 15) is 0 Å². The van der Waals surface area contributed by atoms with Crippen molar-refractivity contribution >= 4 is 11.6 Å². The number of hydrogen-bond donors (Lipinski definition) is 0. The molecule has 0 N–H and O–H groups in total. The third-order valence-electron chi connectivity index (χ3n) is 2.39. The summed E-state index contributed by atoms with van der Waals surface area (Å²) in [4.78, 5) is 0. The molecule has 0 fully saturated rings. The summed E-state index contributed by atoms with van der Waals surface area (Å²) in [5.41, 5.74) is 0.891. The first-order chi connectivity index (χ1) is 7.70. The molecule has 1 aromatic carbocycles. The minimum absolute atomic E-state index is 0.245. The summed E-state index contributed by atoms with van der Waals surface area (Å²) in [6.07, 6.45) is 0.422. The SMILES string of the molecule is CC(CCl)(CC#N)COCc1ccccc1. The molecule has 16 heavy (non-hydrogen) atoms. The number of halogens is 1. The van der Waals surface area contributed by atoms with Gasteiger partial charge in [0, 0.05) is 17.7 Å². The third kappa shape index (κ3) is 4.22. The average Bonchev–Trinajstić information content (AvgIpc) is 2.31. The van der Waals surface area contributed by atoms with Crippen LogP contribution in [0.3, 0.4) is 0 Å². The van der Waals surface area contributed by atoms with Crippen LogP contribution in [-0.2, 0) is 11.3 Å². The van der Waals surface area contributed by atoms with Crippen LogP contribution in [0.2, 0.25) is 0 Å². The van der Waals surface area contributed by atoms with Crippen molar-refractivity contribution in [2.75, 3.05) is 12.5 Å². The lowest BCUT2D eigenvalue weighted by Gasteiger charge is -2.23. The van der Waals surface area contributed by atoms with Crippen LogP contribution in [0.4, 0.5) is 0 Å². The summed E-state index contributed by atoms with van der Waals surface area (Å²) < 4.78 is 5.59. The molecule has 1 atom stereocenters. The lowest BCUT2D eigenvalue weighted by molar-refractivity contribution is 0.0550. The van der Waals surface area contributed by atoms with Crippen molar-refractivity contribution in [1.82, 2.24) is 0 Å². The third-order valence-corrected chi connectivity index (χ3v) is 3.04. The summed E-state index contributed by atoms with van der Waals surface area (Å²) >= 11 is 5.84. The zero-order chi connectivity index (χ0) is 11.9. The Hall–Kier alpha value is -1.04. The number of nitriles is 1. The van der Waals surface area contributed by atoms with Crippen molar-refractivity contribution in [3.05, 3.63) is 35.9 Å². The van der Waals surface area contributed by atoms with Crippen molar-refractivity contribution in [3.63, 3.8) is 0 Å². The summed E-state index contributed by atoms with van der Waals surface area (Å²) in [6, 6.07) is 12.1. The van der Waals surface area contributed by atoms with Gasteiger partial charge in [0.25, 0.3) is 0 Å². The highest BCUT2D eigenvalue weighted by molar-refractivity contribution is 6.18. The number of ether oxygens (including phenoxy) is 1. The number of alkyl halides is 1. The van der Waals surface area contributed by atoms with Gasteiger partial charge in [0.1, 0.15) is 0 Å². The van der Waals surface area contributed by atoms with Gasteiger partial charge in [0.05, 0.1) is 19.3 Å². The van der Waals surface area contributed by atoms with Crippen molar-refractivity contribution < 1.29 is 4.74 Å². The van der Waals surface area contributed by atoms with E-state index in [1.54, 1.807) is 0 Å². The second-order valence-corrected chi connectivity index (χ2v) is 4.52. The van der Waals surface area contributed by atoms with Crippen molar-refractivity contribution in [3.8, 4) is 6.07 Å². The van der Waals surface area contributed by atoms with Crippen molar-refractivity contribution in [1.29, 1.82) is 5.26 Å². The van der Waals surface area contributed by atoms with Crippen LogP contribution in [0.1, 0.15) is 18.9 Å². The number of hydrogen-bond acceptors (Lipinski definition) is 2. The molecule has 0 aliphatic rings. The molecule has 0 amide bonds. The Kier molecular flexibility index (Phi) is 5.31. The minimum Gasteiger partial charge on any atom is -0.376 e. The first-order valence-corrected chi connectivity index (χ1v) is 5.78. The molecule has 0 aliphatic carbocycles. The quantitative estimate of drug-likeness (QED) is 0.711. The van der Waals surface area contributed by atoms with Crippen LogP contribution < -0.4 is 0 Å². The molecule has 1 unspecified atom stereocenters. The molecule has 0 spiro atoms. The second kappa shape index (κ2) is 6.52. The van der Waals surface area contributed by atoms with Crippen LogP contribution in [0.5, 0.6) is 0 Å². The van der Waals surface area contributed by atoms with Crippen LogP contribution in [0.25, 0.3) is 0 Å². The van der Waals surface area contributed by atoms with E-state index in [-0.39, 0.29) is 5.41 Å². The Bertz CT molecular complexity index is 347. The number of nitrogens with zero attached hydrogens (tertiary/aromatic N) is 1. The normalized spacial score (nSPS) is 14.1. The van der Waals surface area contributed by atoms with Gasteiger partial charge >= 0.3 is 0 Å². The minimum atomic E-state index is -0.245. The zero-order valence-electron chi connectivity index (χ0n) is 9.45. The molecule has 2 nitrogen and oxygen atoms in total. The smallest absolute Gasteiger partial charge is 0.0717 e. The molecule has 0 aliphatic heterocycles. The van der Waals surface area contributed by atoms with Gasteiger partial charge in [0.15, 0.2) is 0 Å². The molecule has 0 aromatic heterocycles. The van der Waals surface area contributed by atoms with E-state index in [0.29, 0.717) is 25.5 Å². The van der Waals surface area contributed by atoms with Gasteiger partial charge in [-0.25, -0.2) is 0 Å². The highest BCUT2D eigenvalue weighted by Crippen LogP contribution is 2.23. The van der Waals surface area contributed by atoms with Crippen molar-refractivity contribution in [2.24, 2.45) is 5.41 Å². The maximum atomic E-state index is 8.69. The lowest BCUT2D eigenvalue weighted by Crippen LogP contribution is -2.24. The van der Waals surface area contributed by atoms with Crippen LogP contribution in [0.15, 0.2) is 30.3 Å². The summed E-state index contributed by atoms with van der Waals surface area (Å²) in [5.74, 6) is 0.440. The van der Waals surface area contributed by atoms with Crippen molar-refractivity contribution in [2.45, 2.75) is 20.0 Å². The Morgan fingerprint density at radius 1 is 1.38 bits per heavy atom. The average molecular weight is 238 g/mol. The molecule has 0 heterocycles. The fraction of sp³-hybridized carbons (Fsp3) is 0.462. The molecule has 86 valence electrons. The molecule has 0 saturated carbocycles. The van der Waals surface area contributed by atoms with Crippen LogP contribution >= 0.6 is 11.6 Å². The largest absolute Gasteiger partial charge is 0.376 e. The molecular weight excluding hydrogens is 222 g/mol. The number of benzene rings is 1. The van der Waals surface area contributed by atoms with Gasteiger partial charge < -0.3 is 4.74 Å². The first-order valence-electron chi connectivity index (χ1n) is 5.25. The van der Waals surface area contributed by atoms with Gasteiger partial charge in [-0.15, -0.1) is 11.6 Å². The molecule has 3 heteroatoms. The molecule has 0 bridgehead atoms. The molecule has 0 radical (unpaired) electrons. The van der Waals surface area contributed by atoms with E-state index in [0.717, 1.165) is 5.56 Å². The zero-order valence-corrected chi connectivity index (χ0v) is 10.2. The lowest BCUT2D eigenvalue weighted by atomic mass is 9.91. The Balaban J connectivity index is 2.37. The van der Waals surface area contributed by atoms with Gasteiger partial charge in [-0.05, 0) is 5.56 Å². The number of rotatable bonds is 6. The fourth-order valence-electron chi connectivity index (χ4n) is 1.32. The van der Waals surface area contributed by atoms with E-state index >= 15 is 0 Å². The molecule has 1 rings (SSSR count). The maximum absolute atomic E-state index is 8.69. The van der Waals surface area contributed by atoms with Gasteiger partial charge in [0.2, 0.25) is 0 Å². The summed E-state index contributed by atoms with van der Waals surface area (Å²) in [5, 5.41) is 8.69. The molecule has 0 saturated heterocycles. The van der Waals surface area contributed by atoms with E-state index in [1.807, 2.05) is 37.3 Å². The maximum Gasteiger partial charge on any atom is 0.0717 e.